The van der Waals surface area contributed by atoms with E-state index in [9.17, 15) is 0 Å². The van der Waals surface area contributed by atoms with Gasteiger partial charge in [-0.05, 0) is 49.6 Å². The number of hydrogen-bond acceptors (Lipinski definition) is 2. The summed E-state index contributed by atoms with van der Waals surface area (Å²) >= 11 is 0. The molecule has 1 unspecified atom stereocenters. The van der Waals surface area contributed by atoms with Crippen LogP contribution in [0.3, 0.4) is 0 Å². The molecule has 0 aromatic heterocycles. The summed E-state index contributed by atoms with van der Waals surface area (Å²) in [4.78, 5) is 0. The van der Waals surface area contributed by atoms with Gasteiger partial charge in [-0.25, -0.2) is 0 Å². The van der Waals surface area contributed by atoms with Crippen molar-refractivity contribution in [3.63, 3.8) is 0 Å². The smallest absolute Gasteiger partial charge is 0.120 e. The predicted molar refractivity (Wildman–Crippen MR) is 88.7 cm³/mol. The first-order valence-electron chi connectivity index (χ1n) is 7.78. The molecule has 0 aliphatic carbocycles. The van der Waals surface area contributed by atoms with E-state index in [1.54, 1.807) is 0 Å². The second kappa shape index (κ2) is 8.48. The first kappa shape index (κ1) is 15.6. The van der Waals surface area contributed by atoms with Crippen molar-refractivity contribution in [3.8, 4) is 5.75 Å². The number of ether oxygens (including phenoxy) is 1. The minimum atomic E-state index is 0.270. The van der Waals surface area contributed by atoms with Crippen LogP contribution in [0.4, 0.5) is 0 Å². The highest BCUT2D eigenvalue weighted by Gasteiger charge is 2.02. The van der Waals surface area contributed by atoms with Crippen molar-refractivity contribution >= 4 is 0 Å². The minimum Gasteiger partial charge on any atom is -0.491 e. The van der Waals surface area contributed by atoms with Crippen LogP contribution in [0.5, 0.6) is 5.75 Å². The van der Waals surface area contributed by atoms with E-state index in [1.807, 2.05) is 6.07 Å². The lowest BCUT2D eigenvalue weighted by Crippen LogP contribution is -2.17. The van der Waals surface area contributed by atoms with Crippen molar-refractivity contribution in [2.75, 3.05) is 6.54 Å². The maximum atomic E-state index is 5.85. The summed E-state index contributed by atoms with van der Waals surface area (Å²) in [6.45, 7) is 6.11. The van der Waals surface area contributed by atoms with Crippen LogP contribution in [0, 0.1) is 0 Å². The zero-order chi connectivity index (χ0) is 14.9. The van der Waals surface area contributed by atoms with Gasteiger partial charge in [-0.2, -0.15) is 0 Å². The molecule has 2 heteroatoms. The van der Waals surface area contributed by atoms with E-state index in [4.69, 9.17) is 4.74 Å². The lowest BCUT2D eigenvalue weighted by atomic mass is 10.1. The van der Waals surface area contributed by atoms with E-state index in [0.29, 0.717) is 0 Å². The quantitative estimate of drug-likeness (QED) is 0.733. The van der Waals surface area contributed by atoms with Crippen LogP contribution in [-0.4, -0.2) is 12.6 Å². The van der Waals surface area contributed by atoms with Gasteiger partial charge in [0.1, 0.15) is 5.75 Å². The molecule has 0 spiro atoms. The normalized spacial score (nSPS) is 12.1. The molecule has 21 heavy (non-hydrogen) atoms. The van der Waals surface area contributed by atoms with Gasteiger partial charge in [-0.3, -0.25) is 0 Å². The van der Waals surface area contributed by atoms with Crippen molar-refractivity contribution in [1.82, 2.24) is 5.32 Å². The molecule has 2 aromatic rings. The molecular weight excluding hydrogens is 258 g/mol. The van der Waals surface area contributed by atoms with E-state index >= 15 is 0 Å². The van der Waals surface area contributed by atoms with Crippen LogP contribution in [-0.2, 0) is 13.0 Å². The van der Waals surface area contributed by atoms with Crippen LogP contribution in [0.2, 0.25) is 0 Å². The molecule has 2 nitrogen and oxygen atoms in total. The Hall–Kier alpha value is -1.80. The van der Waals surface area contributed by atoms with Gasteiger partial charge in [-0.1, -0.05) is 49.4 Å². The summed E-state index contributed by atoms with van der Waals surface area (Å²) in [5.41, 5.74) is 2.64. The highest BCUT2D eigenvalue weighted by molar-refractivity contribution is 5.28. The average Bonchev–Trinajstić information content (AvgIpc) is 2.53. The molecule has 0 bridgehead atoms. The molecule has 0 saturated carbocycles. The van der Waals surface area contributed by atoms with Gasteiger partial charge in [0, 0.05) is 6.54 Å². The van der Waals surface area contributed by atoms with Crippen LogP contribution in [0.25, 0.3) is 0 Å². The standard InChI is InChI=1S/C19H25NO/c1-3-16(2)21-19-11-7-10-18(14-19)15-20-13-12-17-8-5-4-6-9-17/h4-11,14,16,20H,3,12-13,15H2,1-2H3. The van der Waals surface area contributed by atoms with Crippen LogP contribution >= 0.6 is 0 Å². The molecule has 1 N–H and O–H groups in total. The third-order valence-corrected chi connectivity index (χ3v) is 3.57. The number of rotatable bonds is 8. The maximum Gasteiger partial charge on any atom is 0.120 e. The molecule has 1 atom stereocenters. The summed E-state index contributed by atoms with van der Waals surface area (Å²) in [6, 6.07) is 18.9. The highest BCUT2D eigenvalue weighted by atomic mass is 16.5. The summed E-state index contributed by atoms with van der Waals surface area (Å²) in [5, 5.41) is 3.49. The Labute approximate surface area is 128 Å². The molecule has 0 heterocycles. The van der Waals surface area contributed by atoms with Crippen molar-refractivity contribution in [3.05, 3.63) is 65.7 Å². The highest BCUT2D eigenvalue weighted by Crippen LogP contribution is 2.15. The lowest BCUT2D eigenvalue weighted by molar-refractivity contribution is 0.217. The Bertz CT molecular complexity index is 524. The van der Waals surface area contributed by atoms with Crippen molar-refractivity contribution in [2.24, 2.45) is 0 Å². The SMILES string of the molecule is CCC(C)Oc1cccc(CNCCc2ccccc2)c1. The van der Waals surface area contributed by atoms with Crippen LogP contribution < -0.4 is 10.1 Å². The predicted octanol–water partition coefficient (Wildman–Crippen LogP) is 4.20. The summed E-state index contributed by atoms with van der Waals surface area (Å²) in [5.74, 6) is 0.965. The summed E-state index contributed by atoms with van der Waals surface area (Å²) in [6.07, 6.45) is 2.36. The summed E-state index contributed by atoms with van der Waals surface area (Å²) in [7, 11) is 0. The molecule has 0 radical (unpaired) electrons. The molecule has 0 fully saturated rings. The molecule has 0 amide bonds. The number of hydrogen-bond donors (Lipinski definition) is 1. The van der Waals surface area contributed by atoms with E-state index in [1.165, 1.54) is 11.1 Å². The second-order valence-corrected chi connectivity index (χ2v) is 5.40. The van der Waals surface area contributed by atoms with Gasteiger partial charge in [0.25, 0.3) is 0 Å². The van der Waals surface area contributed by atoms with Crippen LogP contribution in [0.1, 0.15) is 31.4 Å². The average molecular weight is 283 g/mol. The van der Waals surface area contributed by atoms with Gasteiger partial charge in [0.15, 0.2) is 0 Å². The molecule has 0 aliphatic rings. The van der Waals surface area contributed by atoms with Gasteiger partial charge in [-0.15, -0.1) is 0 Å². The first-order valence-corrected chi connectivity index (χ1v) is 7.78. The Balaban J connectivity index is 1.76. The fourth-order valence-electron chi connectivity index (χ4n) is 2.15. The van der Waals surface area contributed by atoms with E-state index in [0.717, 1.165) is 31.7 Å². The Morgan fingerprint density at radius 3 is 2.52 bits per heavy atom. The molecule has 2 rings (SSSR count). The largest absolute Gasteiger partial charge is 0.491 e. The lowest BCUT2D eigenvalue weighted by Gasteiger charge is -2.13. The fourth-order valence-corrected chi connectivity index (χ4v) is 2.15. The van der Waals surface area contributed by atoms with Crippen LogP contribution in [0.15, 0.2) is 54.6 Å². The van der Waals surface area contributed by atoms with E-state index < -0.39 is 0 Å². The number of nitrogens with one attached hydrogen (secondary N) is 1. The molecule has 112 valence electrons. The van der Waals surface area contributed by atoms with Gasteiger partial charge < -0.3 is 10.1 Å². The summed E-state index contributed by atoms with van der Waals surface area (Å²) < 4.78 is 5.85. The Morgan fingerprint density at radius 2 is 1.76 bits per heavy atom. The topological polar surface area (TPSA) is 21.3 Å². The molecule has 0 aliphatic heterocycles. The molecule has 2 aromatic carbocycles. The van der Waals surface area contributed by atoms with Gasteiger partial charge in [0.05, 0.1) is 6.10 Å². The van der Waals surface area contributed by atoms with Crippen molar-refractivity contribution < 1.29 is 4.74 Å². The zero-order valence-electron chi connectivity index (χ0n) is 13.0. The van der Waals surface area contributed by atoms with E-state index in [-0.39, 0.29) is 6.10 Å². The first-order chi connectivity index (χ1) is 10.3. The Kier molecular flexibility index (Phi) is 6.29. The van der Waals surface area contributed by atoms with Crippen molar-refractivity contribution in [1.29, 1.82) is 0 Å². The third kappa shape index (κ3) is 5.60. The monoisotopic (exact) mass is 283 g/mol. The maximum absolute atomic E-state index is 5.85. The zero-order valence-corrected chi connectivity index (χ0v) is 13.0. The molecular formula is C19H25NO. The Morgan fingerprint density at radius 1 is 1.00 bits per heavy atom. The van der Waals surface area contributed by atoms with Crippen molar-refractivity contribution in [2.45, 2.75) is 39.3 Å². The minimum absolute atomic E-state index is 0.270. The number of benzene rings is 2. The van der Waals surface area contributed by atoms with E-state index in [2.05, 4.69) is 67.7 Å². The second-order valence-electron chi connectivity index (χ2n) is 5.40. The third-order valence-electron chi connectivity index (χ3n) is 3.57. The molecule has 0 saturated heterocycles. The fraction of sp³-hybridized carbons (Fsp3) is 0.368. The van der Waals surface area contributed by atoms with Gasteiger partial charge in [0.2, 0.25) is 0 Å². The van der Waals surface area contributed by atoms with Gasteiger partial charge >= 0.3 is 0 Å².